The van der Waals surface area contributed by atoms with Crippen molar-refractivity contribution in [3.8, 4) is 46.7 Å². The third-order valence-electron chi connectivity index (χ3n) is 4.31. The Morgan fingerprint density at radius 2 is 0.812 bits per heavy atom. The summed E-state index contributed by atoms with van der Waals surface area (Å²) < 4.78 is 11.5. The van der Waals surface area contributed by atoms with E-state index in [0.29, 0.717) is 22.6 Å². The van der Waals surface area contributed by atoms with Crippen molar-refractivity contribution in [3.05, 3.63) is 120 Å². The molecule has 4 aromatic rings. The molecule has 152 valence electrons. The quantitative estimate of drug-likeness (QED) is 0.371. The van der Waals surface area contributed by atoms with Gasteiger partial charge < -0.3 is 9.47 Å². The first kappa shape index (κ1) is 20.5. The number of para-hydroxylation sites is 2. The lowest BCUT2D eigenvalue weighted by atomic mass is 10.2. The highest BCUT2D eigenvalue weighted by Crippen LogP contribution is 2.21. The van der Waals surface area contributed by atoms with Crippen molar-refractivity contribution in [1.82, 2.24) is 0 Å². The fourth-order valence-electron chi connectivity index (χ4n) is 2.75. The molecule has 0 saturated heterocycles. The molecule has 0 atom stereocenters. The van der Waals surface area contributed by atoms with E-state index in [0.717, 1.165) is 11.5 Å². The molecule has 0 unspecified atom stereocenters. The van der Waals surface area contributed by atoms with Crippen molar-refractivity contribution < 1.29 is 14.3 Å². The zero-order valence-electron chi connectivity index (χ0n) is 17.1. The van der Waals surface area contributed by atoms with Gasteiger partial charge in [0, 0.05) is 11.1 Å². The third kappa shape index (κ3) is 6.13. The molecular weight excluding hydrogens is 396 g/mol. The molecule has 3 heteroatoms. The van der Waals surface area contributed by atoms with Crippen LogP contribution in [0.1, 0.15) is 11.1 Å². The van der Waals surface area contributed by atoms with Crippen molar-refractivity contribution >= 4 is 5.78 Å². The third-order valence-corrected chi connectivity index (χ3v) is 4.31. The van der Waals surface area contributed by atoms with Gasteiger partial charge in [-0.05, 0) is 84.6 Å². The van der Waals surface area contributed by atoms with Crippen LogP contribution in [0.5, 0.6) is 23.0 Å². The van der Waals surface area contributed by atoms with Crippen molar-refractivity contribution in [2.45, 2.75) is 0 Å². The van der Waals surface area contributed by atoms with Gasteiger partial charge in [0.15, 0.2) is 0 Å². The van der Waals surface area contributed by atoms with Gasteiger partial charge in [0.2, 0.25) is 0 Å². The summed E-state index contributed by atoms with van der Waals surface area (Å²) >= 11 is 0. The second-order valence-electron chi connectivity index (χ2n) is 6.71. The Labute approximate surface area is 187 Å². The van der Waals surface area contributed by atoms with Crippen LogP contribution >= 0.6 is 0 Å². The number of hydrogen-bond acceptors (Lipinski definition) is 3. The molecule has 0 bridgehead atoms. The molecule has 0 saturated carbocycles. The van der Waals surface area contributed by atoms with E-state index in [-0.39, 0.29) is 0 Å². The molecule has 0 aromatic heterocycles. The first-order valence-electron chi connectivity index (χ1n) is 9.98. The van der Waals surface area contributed by atoms with Crippen molar-refractivity contribution in [3.63, 3.8) is 0 Å². The molecule has 0 aliphatic carbocycles. The maximum absolute atomic E-state index is 12.0. The Morgan fingerprint density at radius 1 is 0.469 bits per heavy atom. The summed E-state index contributed by atoms with van der Waals surface area (Å²) in [5.41, 5.74) is 1.42. The fourth-order valence-corrected chi connectivity index (χ4v) is 2.75. The summed E-state index contributed by atoms with van der Waals surface area (Å²) in [6.45, 7) is 0. The molecule has 0 fully saturated rings. The topological polar surface area (TPSA) is 35.5 Å². The lowest BCUT2D eigenvalue weighted by Crippen LogP contribution is -1.88. The predicted molar refractivity (Wildman–Crippen MR) is 125 cm³/mol. The average molecular weight is 414 g/mol. The van der Waals surface area contributed by atoms with E-state index in [4.69, 9.17) is 9.47 Å². The molecule has 0 aliphatic rings. The van der Waals surface area contributed by atoms with Gasteiger partial charge in [0.1, 0.15) is 23.0 Å². The maximum Gasteiger partial charge on any atom is 0.279 e. The summed E-state index contributed by atoms with van der Waals surface area (Å²) in [5, 5.41) is 0. The molecule has 4 aromatic carbocycles. The first-order valence-corrected chi connectivity index (χ1v) is 9.98. The smallest absolute Gasteiger partial charge is 0.279 e. The van der Waals surface area contributed by atoms with Crippen LogP contribution in [0.2, 0.25) is 0 Å². The zero-order chi connectivity index (χ0) is 22.0. The standard InChI is InChI=1S/C29H18O3/c30-25(17-11-23-13-19-28(20-14-23)31-26-7-3-1-4-8-26)18-12-24-15-21-29(22-16-24)32-27-9-5-2-6-10-27/h1-10,13-16,19-22H. The van der Waals surface area contributed by atoms with E-state index in [1.54, 1.807) is 24.3 Å². The minimum atomic E-state index is -0.445. The fraction of sp³-hybridized carbons (Fsp3) is 0. The number of carbonyl (C=O) groups excluding carboxylic acids is 1. The van der Waals surface area contributed by atoms with E-state index in [9.17, 15) is 4.79 Å². The van der Waals surface area contributed by atoms with Gasteiger partial charge in [-0.1, -0.05) is 48.2 Å². The number of ether oxygens (including phenoxy) is 2. The van der Waals surface area contributed by atoms with E-state index in [2.05, 4.69) is 23.7 Å². The van der Waals surface area contributed by atoms with Crippen LogP contribution < -0.4 is 9.47 Å². The summed E-state index contributed by atoms with van der Waals surface area (Å²) in [6.07, 6.45) is 0. The number of rotatable bonds is 4. The predicted octanol–water partition coefficient (Wildman–Crippen LogP) is 6.24. The second-order valence-corrected chi connectivity index (χ2v) is 6.71. The Hall–Kier alpha value is -4.73. The largest absolute Gasteiger partial charge is 0.457 e. The molecule has 0 amide bonds. The van der Waals surface area contributed by atoms with Crippen molar-refractivity contribution in [2.75, 3.05) is 0 Å². The molecule has 0 heterocycles. The van der Waals surface area contributed by atoms with Gasteiger partial charge in [0.05, 0.1) is 0 Å². The SMILES string of the molecule is O=C(C#Cc1ccc(Oc2ccccc2)cc1)C#Cc1ccc(Oc2ccccc2)cc1. The van der Waals surface area contributed by atoms with Crippen LogP contribution in [-0.2, 0) is 4.79 Å². The highest BCUT2D eigenvalue weighted by atomic mass is 16.5. The Morgan fingerprint density at radius 3 is 1.19 bits per heavy atom. The lowest BCUT2D eigenvalue weighted by molar-refractivity contribution is -0.108. The number of Topliss-reactive ketones (excluding diaryl/α,β-unsaturated/α-hetero) is 1. The van der Waals surface area contributed by atoms with Gasteiger partial charge in [-0.2, -0.15) is 0 Å². The highest BCUT2D eigenvalue weighted by Gasteiger charge is 1.98. The van der Waals surface area contributed by atoms with E-state index in [1.165, 1.54) is 0 Å². The molecule has 32 heavy (non-hydrogen) atoms. The molecular formula is C29H18O3. The van der Waals surface area contributed by atoms with Gasteiger partial charge in [-0.25, -0.2) is 0 Å². The highest BCUT2D eigenvalue weighted by molar-refractivity contribution is 6.09. The van der Waals surface area contributed by atoms with Gasteiger partial charge in [-0.3, -0.25) is 4.79 Å². The molecule has 0 aliphatic heterocycles. The number of ketones is 1. The summed E-state index contributed by atoms with van der Waals surface area (Å²) in [6, 6.07) is 33.5. The van der Waals surface area contributed by atoms with Crippen molar-refractivity contribution in [2.24, 2.45) is 0 Å². The van der Waals surface area contributed by atoms with Crippen molar-refractivity contribution in [1.29, 1.82) is 0 Å². The first-order chi connectivity index (χ1) is 15.7. The summed E-state index contributed by atoms with van der Waals surface area (Å²) in [7, 11) is 0. The molecule has 0 radical (unpaired) electrons. The van der Waals surface area contributed by atoms with E-state index < -0.39 is 5.78 Å². The minimum absolute atomic E-state index is 0.445. The van der Waals surface area contributed by atoms with E-state index in [1.807, 2.05) is 84.9 Å². The summed E-state index contributed by atoms with van der Waals surface area (Å²) in [4.78, 5) is 12.0. The minimum Gasteiger partial charge on any atom is -0.457 e. The Balaban J connectivity index is 1.33. The number of benzene rings is 4. The van der Waals surface area contributed by atoms with Crippen LogP contribution in [-0.4, -0.2) is 5.78 Å². The average Bonchev–Trinajstić information content (AvgIpc) is 2.84. The lowest BCUT2D eigenvalue weighted by Gasteiger charge is -2.04. The second kappa shape index (κ2) is 10.3. The Bertz CT molecular complexity index is 1200. The van der Waals surface area contributed by atoms with Crippen LogP contribution in [0, 0.1) is 23.7 Å². The molecule has 4 rings (SSSR count). The molecule has 0 spiro atoms. The van der Waals surface area contributed by atoms with Gasteiger partial charge in [-0.15, -0.1) is 0 Å². The summed E-state index contributed by atoms with van der Waals surface area (Å²) in [5.74, 6) is 13.2. The molecule has 3 nitrogen and oxygen atoms in total. The van der Waals surface area contributed by atoms with Gasteiger partial charge in [0.25, 0.3) is 5.78 Å². The van der Waals surface area contributed by atoms with Crippen LogP contribution in [0.3, 0.4) is 0 Å². The van der Waals surface area contributed by atoms with Crippen LogP contribution in [0.15, 0.2) is 109 Å². The number of carbonyl (C=O) groups is 1. The van der Waals surface area contributed by atoms with Gasteiger partial charge >= 0.3 is 0 Å². The maximum atomic E-state index is 12.0. The monoisotopic (exact) mass is 414 g/mol. The Kier molecular flexibility index (Phi) is 6.64. The normalized spacial score (nSPS) is 9.50. The van der Waals surface area contributed by atoms with E-state index >= 15 is 0 Å². The van der Waals surface area contributed by atoms with Crippen LogP contribution in [0.25, 0.3) is 0 Å². The molecule has 0 N–H and O–H groups in total. The zero-order valence-corrected chi connectivity index (χ0v) is 17.1. The number of hydrogen-bond donors (Lipinski definition) is 0. The van der Waals surface area contributed by atoms with Crippen LogP contribution in [0.4, 0.5) is 0 Å².